The molecular formula is C9H7BF2. The van der Waals surface area contributed by atoms with Gasteiger partial charge in [0, 0.05) is 12.8 Å². The van der Waals surface area contributed by atoms with Crippen LogP contribution in [0.2, 0.25) is 0 Å². The average Bonchev–Trinajstić information content (AvgIpc) is 2.25. The molecule has 0 nitrogen and oxygen atoms in total. The minimum Gasteiger partial charge on any atom is -0.206 e. The van der Waals surface area contributed by atoms with E-state index in [1.54, 1.807) is 18.2 Å². The van der Waals surface area contributed by atoms with Crippen LogP contribution in [0.1, 0.15) is 11.1 Å². The fraction of sp³-hybridized carbons (Fsp3) is 0.333. The number of fused-ring (bicyclic) bond motifs is 1. The van der Waals surface area contributed by atoms with Crippen molar-refractivity contribution in [2.45, 2.75) is 18.8 Å². The van der Waals surface area contributed by atoms with E-state index >= 15 is 0 Å². The Morgan fingerprint density at radius 3 is 2.67 bits per heavy atom. The van der Waals surface area contributed by atoms with Crippen LogP contribution in [-0.4, -0.2) is 13.8 Å². The van der Waals surface area contributed by atoms with E-state index in [0.717, 1.165) is 0 Å². The molecule has 1 aromatic carbocycles. The molecule has 0 atom stereocenters. The van der Waals surface area contributed by atoms with Gasteiger partial charge < -0.3 is 0 Å². The van der Waals surface area contributed by atoms with Crippen LogP contribution in [0.25, 0.3) is 0 Å². The van der Waals surface area contributed by atoms with Crippen molar-refractivity contribution in [2.24, 2.45) is 0 Å². The van der Waals surface area contributed by atoms with Crippen molar-refractivity contribution in [3.63, 3.8) is 0 Å². The van der Waals surface area contributed by atoms with Crippen molar-refractivity contribution in [1.82, 2.24) is 0 Å². The van der Waals surface area contributed by atoms with Gasteiger partial charge in [0.1, 0.15) is 7.85 Å². The Morgan fingerprint density at radius 1 is 1.25 bits per heavy atom. The highest BCUT2D eigenvalue weighted by atomic mass is 19.3. The molecule has 0 aliphatic heterocycles. The second-order valence-corrected chi connectivity index (χ2v) is 3.19. The van der Waals surface area contributed by atoms with E-state index < -0.39 is 5.92 Å². The van der Waals surface area contributed by atoms with Crippen LogP contribution in [0.15, 0.2) is 18.2 Å². The third-order valence-corrected chi connectivity index (χ3v) is 2.19. The van der Waals surface area contributed by atoms with Crippen molar-refractivity contribution in [2.75, 3.05) is 0 Å². The summed E-state index contributed by atoms with van der Waals surface area (Å²) in [5, 5.41) is 0. The maximum atomic E-state index is 12.9. The maximum Gasteiger partial charge on any atom is 0.256 e. The van der Waals surface area contributed by atoms with E-state index in [1.807, 2.05) is 0 Å². The number of alkyl halides is 2. The molecule has 0 unspecified atom stereocenters. The molecule has 0 saturated carbocycles. The standard InChI is InChI=1S/C9H7BF2/c10-8-3-1-2-6-4-9(11,12)5-7(6)8/h1-3H,4-5H2. The molecule has 1 aliphatic rings. The normalized spacial score (nSPS) is 19.2. The molecule has 0 fully saturated rings. The summed E-state index contributed by atoms with van der Waals surface area (Å²) in [4.78, 5) is 0. The fourth-order valence-electron chi connectivity index (χ4n) is 1.64. The van der Waals surface area contributed by atoms with Gasteiger partial charge in [0.05, 0.1) is 0 Å². The fourth-order valence-corrected chi connectivity index (χ4v) is 1.64. The molecular weight excluding hydrogens is 157 g/mol. The lowest BCUT2D eigenvalue weighted by atomic mass is 9.89. The lowest BCUT2D eigenvalue weighted by Gasteiger charge is -2.05. The molecule has 0 N–H and O–H groups in total. The number of hydrogen-bond acceptors (Lipinski definition) is 0. The minimum absolute atomic E-state index is 0.159. The van der Waals surface area contributed by atoms with Crippen molar-refractivity contribution in [3.8, 4) is 0 Å². The van der Waals surface area contributed by atoms with Crippen LogP contribution in [0, 0.1) is 0 Å². The van der Waals surface area contributed by atoms with Gasteiger partial charge in [-0.2, -0.15) is 0 Å². The molecule has 60 valence electrons. The van der Waals surface area contributed by atoms with E-state index in [1.165, 1.54) is 0 Å². The van der Waals surface area contributed by atoms with Crippen molar-refractivity contribution in [3.05, 3.63) is 29.3 Å². The summed E-state index contributed by atoms with van der Waals surface area (Å²) in [5.41, 5.74) is 1.81. The lowest BCUT2D eigenvalue weighted by Crippen LogP contribution is -2.17. The number of hydrogen-bond donors (Lipinski definition) is 0. The molecule has 0 bridgehead atoms. The van der Waals surface area contributed by atoms with Gasteiger partial charge in [-0.05, 0) is 11.1 Å². The van der Waals surface area contributed by atoms with Gasteiger partial charge in [0.15, 0.2) is 0 Å². The first-order valence-electron chi connectivity index (χ1n) is 3.82. The summed E-state index contributed by atoms with van der Waals surface area (Å²) in [6.07, 6.45) is -0.359. The molecule has 1 aliphatic carbocycles. The van der Waals surface area contributed by atoms with Crippen LogP contribution in [-0.2, 0) is 12.8 Å². The topological polar surface area (TPSA) is 0 Å². The molecule has 3 heteroatoms. The zero-order chi connectivity index (χ0) is 8.77. The SMILES string of the molecule is [B]c1cccc2c1CC(F)(F)C2. The molecule has 0 amide bonds. The van der Waals surface area contributed by atoms with Crippen molar-refractivity contribution < 1.29 is 8.78 Å². The third-order valence-electron chi connectivity index (χ3n) is 2.19. The highest BCUT2D eigenvalue weighted by molar-refractivity contribution is 6.33. The first-order valence-corrected chi connectivity index (χ1v) is 3.82. The molecule has 2 rings (SSSR count). The first-order chi connectivity index (χ1) is 5.58. The number of halogens is 2. The Labute approximate surface area is 71.0 Å². The van der Waals surface area contributed by atoms with Gasteiger partial charge in [0.25, 0.3) is 5.92 Å². The molecule has 0 spiro atoms. The second-order valence-electron chi connectivity index (χ2n) is 3.19. The number of benzene rings is 1. The summed E-state index contributed by atoms with van der Waals surface area (Å²) in [6.45, 7) is 0. The molecule has 2 radical (unpaired) electrons. The van der Waals surface area contributed by atoms with Gasteiger partial charge in [-0.3, -0.25) is 0 Å². The largest absolute Gasteiger partial charge is 0.256 e. The maximum absolute atomic E-state index is 12.9. The summed E-state index contributed by atoms with van der Waals surface area (Å²) in [6, 6.07) is 5.10. The zero-order valence-electron chi connectivity index (χ0n) is 6.48. The zero-order valence-corrected chi connectivity index (χ0v) is 6.48. The quantitative estimate of drug-likeness (QED) is 0.505. The van der Waals surface area contributed by atoms with E-state index in [2.05, 4.69) is 0 Å². The number of rotatable bonds is 0. The molecule has 0 aromatic heterocycles. The highest BCUT2D eigenvalue weighted by Crippen LogP contribution is 2.32. The van der Waals surface area contributed by atoms with Crippen molar-refractivity contribution in [1.29, 1.82) is 0 Å². The lowest BCUT2D eigenvalue weighted by molar-refractivity contribution is 0.0131. The smallest absolute Gasteiger partial charge is 0.206 e. The summed E-state index contributed by atoms with van der Waals surface area (Å²) in [7, 11) is 5.56. The Hall–Kier alpha value is -0.855. The molecule has 0 saturated heterocycles. The summed E-state index contributed by atoms with van der Waals surface area (Å²) in [5.74, 6) is -2.59. The second kappa shape index (κ2) is 2.31. The van der Waals surface area contributed by atoms with E-state index in [-0.39, 0.29) is 12.8 Å². The van der Waals surface area contributed by atoms with Gasteiger partial charge in [-0.25, -0.2) is 8.78 Å². The Kier molecular flexibility index (Phi) is 1.50. The van der Waals surface area contributed by atoms with Gasteiger partial charge >= 0.3 is 0 Å². The first kappa shape index (κ1) is 7.78. The van der Waals surface area contributed by atoms with E-state index in [4.69, 9.17) is 7.85 Å². The van der Waals surface area contributed by atoms with Gasteiger partial charge in [-0.15, -0.1) is 0 Å². The Bertz CT molecular complexity index is 320. The molecule has 1 aromatic rings. The summed E-state index contributed by atoms with van der Waals surface area (Å²) >= 11 is 0. The van der Waals surface area contributed by atoms with Crippen LogP contribution in [0.3, 0.4) is 0 Å². The molecule has 12 heavy (non-hydrogen) atoms. The van der Waals surface area contributed by atoms with Crippen LogP contribution in [0.4, 0.5) is 8.78 Å². The van der Waals surface area contributed by atoms with Crippen molar-refractivity contribution >= 4 is 13.3 Å². The summed E-state index contributed by atoms with van der Waals surface area (Å²) < 4.78 is 25.7. The van der Waals surface area contributed by atoms with Crippen LogP contribution in [0.5, 0.6) is 0 Å². The minimum atomic E-state index is -2.59. The van der Waals surface area contributed by atoms with Gasteiger partial charge in [0.2, 0.25) is 0 Å². The Balaban J connectivity index is 2.48. The van der Waals surface area contributed by atoms with Crippen LogP contribution < -0.4 is 5.46 Å². The predicted octanol–water partition coefficient (Wildman–Crippen LogP) is 1.21. The predicted molar refractivity (Wildman–Crippen MR) is 44.2 cm³/mol. The van der Waals surface area contributed by atoms with E-state index in [9.17, 15) is 8.78 Å². The van der Waals surface area contributed by atoms with E-state index in [0.29, 0.717) is 16.6 Å². The monoisotopic (exact) mass is 164 g/mol. The third kappa shape index (κ3) is 1.13. The Morgan fingerprint density at radius 2 is 2.00 bits per heavy atom. The average molecular weight is 164 g/mol. The van der Waals surface area contributed by atoms with Crippen LogP contribution >= 0.6 is 0 Å². The molecule has 0 heterocycles. The highest BCUT2D eigenvalue weighted by Gasteiger charge is 2.37. The van der Waals surface area contributed by atoms with Gasteiger partial charge in [-0.1, -0.05) is 23.7 Å².